The summed E-state index contributed by atoms with van der Waals surface area (Å²) in [4.78, 5) is 11.2. The number of carbonyl (C=O) groups excluding carboxylic acids is 1. The predicted octanol–water partition coefficient (Wildman–Crippen LogP) is 2.36. The number of hydrogen-bond acceptors (Lipinski definition) is 3. The van der Waals surface area contributed by atoms with Crippen molar-refractivity contribution in [1.82, 2.24) is 5.32 Å². The Balaban J connectivity index is 1.89. The first-order chi connectivity index (χ1) is 9.24. The number of unbranched alkanes of at least 4 members (excludes halogenated alkanes) is 5. The molecule has 0 radical (unpaired) electrons. The number of amides is 1. The number of nitrogens with one attached hydrogen (secondary N) is 1. The van der Waals surface area contributed by atoms with E-state index in [2.05, 4.69) is 12.2 Å². The molecule has 0 heterocycles. The maximum absolute atomic E-state index is 11.2. The number of ether oxygens (including phenoxy) is 1. The average molecular weight is 270 g/mol. The minimum Gasteiger partial charge on any atom is -0.381 e. The molecule has 0 aromatic heterocycles. The largest absolute Gasteiger partial charge is 0.381 e. The Morgan fingerprint density at radius 2 is 1.89 bits per heavy atom. The van der Waals surface area contributed by atoms with Crippen LogP contribution in [0.2, 0.25) is 0 Å². The lowest BCUT2D eigenvalue weighted by molar-refractivity contribution is -0.120. The number of primary amides is 1. The third kappa shape index (κ3) is 9.00. The molecule has 4 heteroatoms. The molecule has 0 saturated heterocycles. The van der Waals surface area contributed by atoms with Crippen molar-refractivity contribution in [2.45, 2.75) is 76.8 Å². The summed E-state index contributed by atoms with van der Waals surface area (Å²) in [5.41, 5.74) is 5.36. The van der Waals surface area contributed by atoms with Crippen LogP contribution in [0.3, 0.4) is 0 Å². The van der Waals surface area contributed by atoms with Crippen LogP contribution in [0.25, 0.3) is 0 Å². The van der Waals surface area contributed by atoms with Gasteiger partial charge in [0.05, 0.1) is 6.04 Å². The zero-order valence-corrected chi connectivity index (χ0v) is 12.3. The lowest BCUT2D eigenvalue weighted by atomic mass is 10.1. The van der Waals surface area contributed by atoms with E-state index in [1.165, 1.54) is 44.9 Å². The second-order valence-electron chi connectivity index (χ2n) is 5.56. The van der Waals surface area contributed by atoms with E-state index in [1.807, 2.05) is 0 Å². The van der Waals surface area contributed by atoms with Crippen LogP contribution in [0.5, 0.6) is 0 Å². The molecule has 1 amide bonds. The van der Waals surface area contributed by atoms with Crippen LogP contribution in [0, 0.1) is 0 Å². The number of hydrogen-bond donors (Lipinski definition) is 2. The van der Waals surface area contributed by atoms with Gasteiger partial charge in [0, 0.05) is 19.3 Å². The summed E-state index contributed by atoms with van der Waals surface area (Å²) in [5, 5.41) is 3.26. The maximum Gasteiger partial charge on any atom is 0.234 e. The van der Waals surface area contributed by atoms with Crippen LogP contribution in [0.4, 0.5) is 0 Å². The molecule has 1 rings (SSSR count). The summed E-state index contributed by atoms with van der Waals surface area (Å²) >= 11 is 0. The topological polar surface area (TPSA) is 64.3 Å². The SMILES string of the molecule is CCCCCCCCOCCC(NC1CC1)C(N)=O. The van der Waals surface area contributed by atoms with Crippen LogP contribution >= 0.6 is 0 Å². The molecule has 112 valence electrons. The minimum absolute atomic E-state index is 0.211. The fraction of sp³-hybridized carbons (Fsp3) is 0.933. The monoisotopic (exact) mass is 270 g/mol. The van der Waals surface area contributed by atoms with Gasteiger partial charge in [-0.1, -0.05) is 39.0 Å². The van der Waals surface area contributed by atoms with E-state index in [0.29, 0.717) is 19.1 Å². The zero-order chi connectivity index (χ0) is 13.9. The third-order valence-corrected chi connectivity index (χ3v) is 3.55. The van der Waals surface area contributed by atoms with Gasteiger partial charge in [-0.15, -0.1) is 0 Å². The van der Waals surface area contributed by atoms with E-state index in [-0.39, 0.29) is 11.9 Å². The van der Waals surface area contributed by atoms with E-state index in [9.17, 15) is 4.79 Å². The summed E-state index contributed by atoms with van der Waals surface area (Å²) < 4.78 is 5.58. The molecular formula is C15H30N2O2. The van der Waals surface area contributed by atoms with Gasteiger partial charge in [0.25, 0.3) is 0 Å². The Morgan fingerprint density at radius 3 is 2.53 bits per heavy atom. The first kappa shape index (κ1) is 16.4. The molecule has 0 aliphatic heterocycles. The molecule has 0 aromatic carbocycles. The van der Waals surface area contributed by atoms with E-state index in [1.54, 1.807) is 0 Å². The summed E-state index contributed by atoms with van der Waals surface area (Å²) in [6, 6.07) is 0.299. The van der Waals surface area contributed by atoms with Crippen molar-refractivity contribution in [2.75, 3.05) is 13.2 Å². The highest BCUT2D eigenvalue weighted by molar-refractivity contribution is 5.79. The molecule has 1 aliphatic carbocycles. The van der Waals surface area contributed by atoms with E-state index in [0.717, 1.165) is 13.0 Å². The van der Waals surface area contributed by atoms with Crippen LogP contribution in [0.15, 0.2) is 0 Å². The lowest BCUT2D eigenvalue weighted by Crippen LogP contribution is -2.43. The first-order valence-corrected chi connectivity index (χ1v) is 7.87. The highest BCUT2D eigenvalue weighted by Crippen LogP contribution is 2.19. The second kappa shape index (κ2) is 10.2. The molecule has 0 spiro atoms. The van der Waals surface area contributed by atoms with Gasteiger partial charge in [0.1, 0.15) is 0 Å². The van der Waals surface area contributed by atoms with Gasteiger partial charge in [-0.2, -0.15) is 0 Å². The number of nitrogens with two attached hydrogens (primary N) is 1. The molecule has 0 aromatic rings. The number of carbonyl (C=O) groups is 1. The van der Waals surface area contributed by atoms with Gasteiger partial charge < -0.3 is 15.8 Å². The Kier molecular flexibility index (Phi) is 8.84. The van der Waals surface area contributed by atoms with E-state index in [4.69, 9.17) is 10.5 Å². The van der Waals surface area contributed by atoms with Crippen molar-refractivity contribution < 1.29 is 9.53 Å². The molecule has 1 atom stereocenters. The van der Waals surface area contributed by atoms with E-state index < -0.39 is 0 Å². The normalized spacial score (nSPS) is 16.5. The van der Waals surface area contributed by atoms with Crippen molar-refractivity contribution in [3.8, 4) is 0 Å². The quantitative estimate of drug-likeness (QED) is 0.505. The van der Waals surface area contributed by atoms with Crippen LogP contribution < -0.4 is 11.1 Å². The molecule has 1 aliphatic rings. The Hall–Kier alpha value is -0.610. The molecule has 3 N–H and O–H groups in total. The first-order valence-electron chi connectivity index (χ1n) is 7.87. The van der Waals surface area contributed by atoms with Crippen molar-refractivity contribution in [1.29, 1.82) is 0 Å². The van der Waals surface area contributed by atoms with Crippen molar-refractivity contribution >= 4 is 5.91 Å². The summed E-state index contributed by atoms with van der Waals surface area (Å²) in [7, 11) is 0. The van der Waals surface area contributed by atoms with Gasteiger partial charge in [0.15, 0.2) is 0 Å². The Bertz CT molecular complexity index is 242. The highest BCUT2D eigenvalue weighted by atomic mass is 16.5. The molecule has 19 heavy (non-hydrogen) atoms. The van der Waals surface area contributed by atoms with Gasteiger partial charge in [-0.05, 0) is 25.7 Å². The highest BCUT2D eigenvalue weighted by Gasteiger charge is 2.26. The smallest absolute Gasteiger partial charge is 0.234 e. The molecule has 1 fully saturated rings. The van der Waals surface area contributed by atoms with Crippen LogP contribution in [-0.4, -0.2) is 31.2 Å². The van der Waals surface area contributed by atoms with E-state index >= 15 is 0 Å². The van der Waals surface area contributed by atoms with Gasteiger partial charge >= 0.3 is 0 Å². The molecule has 1 unspecified atom stereocenters. The second-order valence-corrected chi connectivity index (χ2v) is 5.56. The standard InChI is InChI=1S/C15H30N2O2/c1-2-3-4-5-6-7-11-19-12-10-14(15(16)18)17-13-8-9-13/h13-14,17H,2-12H2,1H3,(H2,16,18). The summed E-state index contributed by atoms with van der Waals surface area (Å²) in [5.74, 6) is -0.255. The maximum atomic E-state index is 11.2. The molecular weight excluding hydrogens is 240 g/mol. The predicted molar refractivity (Wildman–Crippen MR) is 78.0 cm³/mol. The summed E-state index contributed by atoms with van der Waals surface area (Å²) in [6.45, 7) is 3.66. The minimum atomic E-state index is -0.255. The lowest BCUT2D eigenvalue weighted by Gasteiger charge is -2.14. The van der Waals surface area contributed by atoms with Crippen molar-refractivity contribution in [3.05, 3.63) is 0 Å². The Labute approximate surface area is 117 Å². The van der Waals surface area contributed by atoms with Crippen molar-refractivity contribution in [3.63, 3.8) is 0 Å². The average Bonchev–Trinajstić information content (AvgIpc) is 3.19. The summed E-state index contributed by atoms with van der Waals surface area (Å²) in [6.07, 6.45) is 10.7. The molecule has 4 nitrogen and oxygen atoms in total. The molecule has 1 saturated carbocycles. The van der Waals surface area contributed by atoms with Gasteiger partial charge in [-0.3, -0.25) is 4.79 Å². The Morgan fingerprint density at radius 1 is 1.21 bits per heavy atom. The zero-order valence-electron chi connectivity index (χ0n) is 12.3. The van der Waals surface area contributed by atoms with Crippen molar-refractivity contribution in [2.24, 2.45) is 5.73 Å². The van der Waals surface area contributed by atoms with Crippen LogP contribution in [-0.2, 0) is 9.53 Å². The fourth-order valence-electron chi connectivity index (χ4n) is 2.13. The van der Waals surface area contributed by atoms with Gasteiger partial charge in [0.2, 0.25) is 5.91 Å². The van der Waals surface area contributed by atoms with Gasteiger partial charge in [-0.25, -0.2) is 0 Å². The fourth-order valence-corrected chi connectivity index (χ4v) is 2.13. The third-order valence-electron chi connectivity index (χ3n) is 3.55. The number of rotatable bonds is 13. The van der Waals surface area contributed by atoms with Crippen LogP contribution in [0.1, 0.15) is 64.7 Å². The molecule has 0 bridgehead atoms.